The van der Waals surface area contributed by atoms with Gasteiger partial charge in [-0.05, 0) is 138 Å². The second-order valence-electron chi connectivity index (χ2n) is 26.5. The highest BCUT2D eigenvalue weighted by Crippen LogP contribution is 2.45. The molecule has 7 nitrogen and oxygen atoms in total. The van der Waals surface area contributed by atoms with E-state index in [0.29, 0.717) is 34.9 Å². The summed E-state index contributed by atoms with van der Waals surface area (Å²) in [6, 6.07) is 103. The van der Waals surface area contributed by atoms with Crippen molar-refractivity contribution in [3.63, 3.8) is 0 Å². The number of nitrogens with zero attached hydrogens (tertiary/aromatic N) is 7. The van der Waals surface area contributed by atoms with Gasteiger partial charge in [-0.25, -0.2) is 29.9 Å². The monoisotopic (exact) mass is 1210 g/mol. The summed E-state index contributed by atoms with van der Waals surface area (Å²) in [5.41, 5.74) is 23.3. The van der Waals surface area contributed by atoms with E-state index in [0.717, 1.165) is 100 Å². The smallest absolute Gasteiger partial charge is 0.164 e. The van der Waals surface area contributed by atoms with Gasteiger partial charge in [-0.15, -0.1) is 0 Å². The van der Waals surface area contributed by atoms with Crippen molar-refractivity contribution in [2.24, 2.45) is 7.05 Å². The molecule has 94 heavy (non-hydrogen) atoms. The molecule has 0 saturated carbocycles. The van der Waals surface area contributed by atoms with E-state index >= 15 is 0 Å². The third kappa shape index (κ3) is 11.7. The summed E-state index contributed by atoms with van der Waals surface area (Å²) < 4.78 is 2.42. The Bertz CT molecular complexity index is 4820. The van der Waals surface area contributed by atoms with Gasteiger partial charge < -0.3 is 4.57 Å². The molecule has 0 N–H and O–H groups in total. The van der Waals surface area contributed by atoms with Crippen LogP contribution in [-0.2, 0) is 17.9 Å². The molecule has 0 aliphatic heterocycles. The van der Waals surface area contributed by atoms with E-state index < -0.39 is 0 Å². The molecule has 0 aliphatic rings. The Balaban J connectivity index is 0.847. The van der Waals surface area contributed by atoms with Crippen molar-refractivity contribution in [3.05, 3.63) is 302 Å². The molecule has 3 heterocycles. The lowest BCUT2D eigenvalue weighted by atomic mass is 9.82. The van der Waals surface area contributed by atoms with Crippen LogP contribution in [0.1, 0.15) is 52.7 Å². The maximum atomic E-state index is 5.32. The maximum absolute atomic E-state index is 5.32. The van der Waals surface area contributed by atoms with Gasteiger partial charge >= 0.3 is 0 Å². The van der Waals surface area contributed by atoms with Gasteiger partial charge in [-0.2, -0.15) is 0 Å². The van der Waals surface area contributed by atoms with Crippen LogP contribution in [0.5, 0.6) is 0 Å². The van der Waals surface area contributed by atoms with Crippen LogP contribution in [0.4, 0.5) is 0 Å². The average Bonchev–Trinajstić information content (AvgIpc) is 1.56. The van der Waals surface area contributed by atoms with E-state index in [1.807, 2.05) is 36.4 Å². The van der Waals surface area contributed by atoms with Crippen molar-refractivity contribution in [1.29, 1.82) is 0 Å². The topological polar surface area (TPSA) is 82.3 Å². The predicted molar refractivity (Wildman–Crippen MR) is 390 cm³/mol. The van der Waals surface area contributed by atoms with Gasteiger partial charge in [0.05, 0.1) is 11.0 Å². The van der Waals surface area contributed by atoms with E-state index in [-0.39, 0.29) is 10.8 Å². The first kappa shape index (κ1) is 58.8. The molecule has 0 fully saturated rings. The molecule has 0 spiro atoms. The molecule has 0 amide bonds. The molecule has 0 bridgehead atoms. The fourth-order valence-electron chi connectivity index (χ4n) is 12.8. The highest BCUT2D eigenvalue weighted by atomic mass is 15.0. The minimum absolute atomic E-state index is 0.150. The molecule has 452 valence electrons. The molecule has 0 atom stereocenters. The molecule has 15 aromatic rings. The van der Waals surface area contributed by atoms with Crippen LogP contribution in [0.3, 0.4) is 0 Å². The minimum atomic E-state index is -0.150. The lowest BCUT2D eigenvalue weighted by Crippen LogP contribution is -2.11. The number of fused-ring (bicyclic) bond motifs is 3. The van der Waals surface area contributed by atoms with Gasteiger partial charge in [0.15, 0.2) is 34.9 Å². The van der Waals surface area contributed by atoms with Crippen molar-refractivity contribution in [3.8, 4) is 135 Å². The van der Waals surface area contributed by atoms with Gasteiger partial charge in [0, 0.05) is 62.3 Å². The third-order valence-electron chi connectivity index (χ3n) is 18.0. The summed E-state index contributed by atoms with van der Waals surface area (Å²) in [4.78, 5) is 31.5. The molecule has 12 aromatic carbocycles. The summed E-state index contributed by atoms with van der Waals surface area (Å²) in [6.45, 7) is 13.9. The molecule has 0 saturated heterocycles. The number of aryl methyl sites for hydroxylation is 1. The summed E-state index contributed by atoms with van der Waals surface area (Å²) in [6.07, 6.45) is 0. The summed E-state index contributed by atoms with van der Waals surface area (Å²) in [5, 5.41) is 2.43. The van der Waals surface area contributed by atoms with E-state index in [4.69, 9.17) is 29.9 Å². The quantitative estimate of drug-likeness (QED) is 0.121. The van der Waals surface area contributed by atoms with E-state index in [2.05, 4.69) is 308 Å². The van der Waals surface area contributed by atoms with Crippen molar-refractivity contribution < 1.29 is 0 Å². The molecule has 0 radical (unpaired) electrons. The standard InChI is InChI=1S/C87H69N7/c1-86(2,3)72-52-74(60-38-42-64(43-39-60)82-88-80(62-34-22-12-23-35-62)90-84(92-82)70-48-66(56-26-14-8-15-27-56)46-67(49-70)57-28-16-9-17-29-57)78-76(54-72)77-55-73(87(4,5)6)53-75(79(77)94(78)7)61-40-44-65(45-41-61)83-89-81(63-36-24-13-25-37-63)91-85(93-83)71-50-68(58-30-18-10-19-31-58)47-69(51-71)59-32-20-11-21-33-59/h8-55H,1-7H3. The normalized spacial score (nSPS) is 11.8. The Hall–Kier alpha value is -11.5. The SMILES string of the molecule is Cn1c2c(-c3ccc(-c4nc(-c5ccccc5)nc(-c5cc(-c6ccccc6)cc(-c6ccccc6)c5)n4)cc3)cc(C(C)(C)C)cc2c2cc(C(C)(C)C)cc(-c3ccc(-c4nc(-c5ccccc5)nc(-c5cc(-c6ccccc6)cc(-c6ccccc6)c5)n4)cc3)c21. The van der Waals surface area contributed by atoms with Gasteiger partial charge in [0.25, 0.3) is 0 Å². The Morgan fingerprint density at radius 2 is 0.426 bits per heavy atom. The van der Waals surface area contributed by atoms with Crippen molar-refractivity contribution in [2.75, 3.05) is 0 Å². The molecular formula is C87H69N7. The Kier molecular flexibility index (Phi) is 15.2. The molecule has 3 aromatic heterocycles. The molecular weight excluding hydrogens is 1140 g/mol. The van der Waals surface area contributed by atoms with Crippen molar-refractivity contribution >= 4 is 21.8 Å². The van der Waals surface area contributed by atoms with Gasteiger partial charge in [0.1, 0.15) is 0 Å². The zero-order chi connectivity index (χ0) is 64.1. The lowest BCUT2D eigenvalue weighted by Gasteiger charge is -2.22. The van der Waals surface area contributed by atoms with Gasteiger partial charge in [-0.1, -0.05) is 272 Å². The van der Waals surface area contributed by atoms with Crippen LogP contribution in [0.25, 0.3) is 157 Å². The predicted octanol–water partition coefficient (Wildman–Crippen LogP) is 22.3. The van der Waals surface area contributed by atoms with Crippen molar-refractivity contribution in [1.82, 2.24) is 34.5 Å². The van der Waals surface area contributed by atoms with Crippen molar-refractivity contribution in [2.45, 2.75) is 52.4 Å². The second-order valence-corrected chi connectivity index (χ2v) is 26.5. The van der Waals surface area contributed by atoms with Gasteiger partial charge in [0.2, 0.25) is 0 Å². The largest absolute Gasteiger partial charge is 0.343 e. The van der Waals surface area contributed by atoms with Crippen LogP contribution in [0.15, 0.2) is 291 Å². The maximum Gasteiger partial charge on any atom is 0.164 e. The van der Waals surface area contributed by atoms with E-state index in [1.165, 1.54) is 32.9 Å². The zero-order valence-corrected chi connectivity index (χ0v) is 53.8. The van der Waals surface area contributed by atoms with Crippen LogP contribution < -0.4 is 0 Å². The van der Waals surface area contributed by atoms with Gasteiger partial charge in [-0.3, -0.25) is 0 Å². The average molecular weight is 1210 g/mol. The summed E-state index contributed by atoms with van der Waals surface area (Å²) in [7, 11) is 2.23. The zero-order valence-electron chi connectivity index (χ0n) is 53.8. The molecule has 0 unspecified atom stereocenters. The third-order valence-corrected chi connectivity index (χ3v) is 18.0. The second kappa shape index (κ2) is 24.3. The first-order valence-corrected chi connectivity index (χ1v) is 32.2. The van der Waals surface area contributed by atoms with Crippen LogP contribution >= 0.6 is 0 Å². The Labute approximate surface area is 550 Å². The van der Waals surface area contributed by atoms with E-state index in [9.17, 15) is 0 Å². The Morgan fingerprint density at radius 3 is 0.681 bits per heavy atom. The summed E-state index contributed by atoms with van der Waals surface area (Å²) in [5.74, 6) is 3.64. The first-order chi connectivity index (χ1) is 45.7. The van der Waals surface area contributed by atoms with Crippen LogP contribution in [0.2, 0.25) is 0 Å². The van der Waals surface area contributed by atoms with Crippen LogP contribution in [0, 0.1) is 0 Å². The first-order valence-electron chi connectivity index (χ1n) is 32.2. The molecule has 0 aliphatic carbocycles. The van der Waals surface area contributed by atoms with E-state index in [1.54, 1.807) is 0 Å². The minimum Gasteiger partial charge on any atom is -0.343 e. The Morgan fingerprint density at radius 1 is 0.213 bits per heavy atom. The molecule has 7 heteroatoms. The number of hydrogen-bond acceptors (Lipinski definition) is 6. The summed E-state index contributed by atoms with van der Waals surface area (Å²) >= 11 is 0. The lowest BCUT2D eigenvalue weighted by molar-refractivity contribution is 0.590. The highest BCUT2D eigenvalue weighted by molar-refractivity contribution is 6.17. The number of rotatable bonds is 12. The number of aromatic nitrogens is 7. The molecule has 15 rings (SSSR count). The number of benzene rings is 12. The number of hydrogen-bond donors (Lipinski definition) is 0. The highest BCUT2D eigenvalue weighted by Gasteiger charge is 2.26. The fourth-order valence-corrected chi connectivity index (χ4v) is 12.8. The van der Waals surface area contributed by atoms with Crippen LogP contribution in [-0.4, -0.2) is 34.5 Å². The fraction of sp³-hybridized carbons (Fsp3) is 0.103.